The molecule has 1 aliphatic rings. The van der Waals surface area contributed by atoms with Gasteiger partial charge in [-0.1, -0.05) is 37.8 Å². The van der Waals surface area contributed by atoms with E-state index < -0.39 is 42.4 Å². The first-order valence-corrected chi connectivity index (χ1v) is 14.3. The van der Waals surface area contributed by atoms with Gasteiger partial charge in [0.25, 0.3) is 0 Å². The largest absolute Gasteiger partial charge is 0.452 e. The fourth-order valence-electron chi connectivity index (χ4n) is 3.17. The molecule has 0 radical (unpaired) electrons. The molecule has 0 fully saturated rings. The van der Waals surface area contributed by atoms with Gasteiger partial charge >= 0.3 is 6.09 Å². The van der Waals surface area contributed by atoms with Crippen LogP contribution >= 0.6 is 0 Å². The lowest BCUT2D eigenvalue weighted by atomic mass is 9.89. The van der Waals surface area contributed by atoms with Crippen LogP contribution < -0.4 is 9.62 Å². The molecule has 0 unspecified atom stereocenters. The summed E-state index contributed by atoms with van der Waals surface area (Å²) >= 11 is 0. The number of carbonyl (C=O) groups excluding carboxylic acids is 1. The highest BCUT2D eigenvalue weighted by molar-refractivity contribution is 7.89. The van der Waals surface area contributed by atoms with Gasteiger partial charge in [0.1, 0.15) is 12.1 Å². The minimum absolute atomic E-state index is 0.0341. The fourth-order valence-corrected chi connectivity index (χ4v) is 7.48. The molecule has 8 nitrogen and oxygen atoms in total. The van der Waals surface area contributed by atoms with Crippen LogP contribution in [0.1, 0.15) is 11.7 Å². The van der Waals surface area contributed by atoms with Crippen LogP contribution in [-0.4, -0.2) is 54.6 Å². The van der Waals surface area contributed by atoms with Gasteiger partial charge in [0.2, 0.25) is 10.0 Å². The van der Waals surface area contributed by atoms with E-state index in [1.54, 1.807) is 24.3 Å². The third kappa shape index (κ3) is 4.91. The average Bonchev–Trinajstić information content (AvgIpc) is 2.64. The number of benzene rings is 1. The molecular weight excluding hydrogens is 398 g/mol. The first-order chi connectivity index (χ1) is 13.0. The molecular formula is C18H27N3O5SSi. The minimum Gasteiger partial charge on any atom is -0.452 e. The lowest BCUT2D eigenvalue weighted by Crippen LogP contribution is -2.59. The summed E-state index contributed by atoms with van der Waals surface area (Å²) in [6.07, 6.45) is -1.46. The standard InChI is InChI=1S/C18H27N3O5SSi/c1-25-17-13-8-6-7-9-14(13)21(18(22)26-2)15(12-19)16(17)20-27(23,24)10-11-28(3,4)5/h6-9,15-17,20H,10-11H2,1-5H3/t15-,16-,17-/m0/s1. The summed E-state index contributed by atoms with van der Waals surface area (Å²) in [5, 5.41) is 9.79. The molecule has 0 aromatic heterocycles. The van der Waals surface area contributed by atoms with Crippen LogP contribution in [0.15, 0.2) is 24.3 Å². The van der Waals surface area contributed by atoms with Gasteiger partial charge < -0.3 is 9.47 Å². The van der Waals surface area contributed by atoms with Crippen molar-refractivity contribution in [1.29, 1.82) is 5.26 Å². The number of para-hydroxylation sites is 1. The van der Waals surface area contributed by atoms with Crippen molar-refractivity contribution in [2.45, 2.75) is 43.9 Å². The highest BCUT2D eigenvalue weighted by Crippen LogP contribution is 2.39. The zero-order valence-corrected chi connectivity index (χ0v) is 18.6. The van der Waals surface area contributed by atoms with Gasteiger partial charge in [-0.25, -0.2) is 17.9 Å². The number of carbonyl (C=O) groups is 1. The number of nitrogens with zero attached hydrogens (tertiary/aromatic N) is 2. The van der Waals surface area contributed by atoms with Crippen molar-refractivity contribution < 1.29 is 22.7 Å². The second-order valence-corrected chi connectivity index (χ2v) is 15.4. The first kappa shape index (κ1) is 22.4. The van der Waals surface area contributed by atoms with Crippen molar-refractivity contribution in [3.05, 3.63) is 29.8 Å². The van der Waals surface area contributed by atoms with E-state index >= 15 is 0 Å². The second kappa shape index (κ2) is 8.61. The summed E-state index contributed by atoms with van der Waals surface area (Å²) < 4.78 is 38.5. The molecule has 10 heteroatoms. The molecule has 0 aliphatic carbocycles. The number of ether oxygens (including phenoxy) is 2. The predicted octanol–water partition coefficient (Wildman–Crippen LogP) is 2.48. The molecule has 28 heavy (non-hydrogen) atoms. The van der Waals surface area contributed by atoms with E-state index in [9.17, 15) is 18.5 Å². The van der Waals surface area contributed by atoms with Crippen LogP contribution in [-0.2, 0) is 19.5 Å². The lowest BCUT2D eigenvalue weighted by Gasteiger charge is -2.42. The van der Waals surface area contributed by atoms with Crippen molar-refractivity contribution >= 4 is 29.9 Å². The molecule has 154 valence electrons. The van der Waals surface area contributed by atoms with E-state index in [2.05, 4.69) is 24.4 Å². The van der Waals surface area contributed by atoms with Gasteiger partial charge in [-0.2, -0.15) is 5.26 Å². The van der Waals surface area contributed by atoms with Crippen molar-refractivity contribution in [2.75, 3.05) is 24.9 Å². The molecule has 0 bridgehead atoms. The highest BCUT2D eigenvalue weighted by atomic mass is 32.2. The van der Waals surface area contributed by atoms with Crippen molar-refractivity contribution in [3.63, 3.8) is 0 Å². The van der Waals surface area contributed by atoms with E-state index in [1.807, 2.05) is 6.07 Å². The number of hydrogen-bond donors (Lipinski definition) is 1. The Bertz CT molecular complexity index is 863. The average molecular weight is 426 g/mol. The Labute approximate surface area is 167 Å². The van der Waals surface area contributed by atoms with E-state index in [0.29, 0.717) is 17.3 Å². The van der Waals surface area contributed by atoms with Gasteiger partial charge in [0.05, 0.1) is 30.7 Å². The van der Waals surface area contributed by atoms with E-state index in [1.165, 1.54) is 19.1 Å². The number of amides is 1. The molecule has 1 aliphatic heterocycles. The molecule has 2 rings (SSSR count). The van der Waals surface area contributed by atoms with E-state index in [0.717, 1.165) is 0 Å². The number of methoxy groups -OCH3 is 2. The molecule has 0 saturated heterocycles. The second-order valence-electron chi connectivity index (χ2n) is 7.90. The number of anilines is 1. The first-order valence-electron chi connectivity index (χ1n) is 8.93. The number of nitriles is 1. The summed E-state index contributed by atoms with van der Waals surface area (Å²) in [4.78, 5) is 13.6. The molecule has 0 saturated carbocycles. The molecule has 1 heterocycles. The number of hydrogen-bond acceptors (Lipinski definition) is 6. The van der Waals surface area contributed by atoms with Gasteiger partial charge in [0.15, 0.2) is 0 Å². The number of sulfonamides is 1. The van der Waals surface area contributed by atoms with Crippen molar-refractivity contribution in [2.24, 2.45) is 0 Å². The Balaban J connectivity index is 2.47. The van der Waals surface area contributed by atoms with Gasteiger partial charge in [-0.3, -0.25) is 4.90 Å². The number of fused-ring (bicyclic) bond motifs is 1. The van der Waals surface area contributed by atoms with Gasteiger partial charge in [-0.15, -0.1) is 0 Å². The van der Waals surface area contributed by atoms with E-state index in [4.69, 9.17) is 9.47 Å². The molecule has 0 spiro atoms. The molecule has 1 aromatic rings. The quantitative estimate of drug-likeness (QED) is 0.701. The van der Waals surface area contributed by atoms with Crippen LogP contribution in [0.3, 0.4) is 0 Å². The Morgan fingerprint density at radius 1 is 1.29 bits per heavy atom. The Hall–Kier alpha value is -1.93. The monoisotopic (exact) mass is 425 g/mol. The zero-order chi connectivity index (χ0) is 21.1. The van der Waals surface area contributed by atoms with Crippen LogP contribution in [0, 0.1) is 11.3 Å². The normalized spacial score (nSPS) is 22.3. The molecule has 1 N–H and O–H groups in total. The summed E-state index contributed by atoms with van der Waals surface area (Å²) in [5.74, 6) is -0.0341. The zero-order valence-electron chi connectivity index (χ0n) is 16.8. The Morgan fingerprint density at radius 3 is 2.46 bits per heavy atom. The molecule has 1 aromatic carbocycles. The van der Waals surface area contributed by atoms with Crippen LogP contribution in [0.4, 0.5) is 10.5 Å². The van der Waals surface area contributed by atoms with E-state index in [-0.39, 0.29) is 5.75 Å². The highest BCUT2D eigenvalue weighted by Gasteiger charge is 2.46. The summed E-state index contributed by atoms with van der Waals surface area (Å²) in [5.41, 5.74) is 1.07. The number of nitrogens with one attached hydrogen (secondary N) is 1. The third-order valence-corrected chi connectivity index (χ3v) is 8.13. The summed E-state index contributed by atoms with van der Waals surface area (Å²) in [6.45, 7) is 6.28. The maximum atomic E-state index is 12.7. The summed E-state index contributed by atoms with van der Waals surface area (Å²) in [7, 11) is -2.59. The smallest absolute Gasteiger partial charge is 0.415 e. The topological polar surface area (TPSA) is 109 Å². The van der Waals surface area contributed by atoms with Crippen LogP contribution in [0.2, 0.25) is 25.7 Å². The van der Waals surface area contributed by atoms with Crippen molar-refractivity contribution in [1.82, 2.24) is 4.72 Å². The minimum atomic E-state index is -3.68. The Kier molecular flexibility index (Phi) is 6.87. The predicted molar refractivity (Wildman–Crippen MR) is 109 cm³/mol. The maximum Gasteiger partial charge on any atom is 0.415 e. The van der Waals surface area contributed by atoms with Gasteiger partial charge in [0, 0.05) is 20.7 Å². The molecule has 3 atom stereocenters. The van der Waals surface area contributed by atoms with Crippen molar-refractivity contribution in [3.8, 4) is 6.07 Å². The maximum absolute atomic E-state index is 12.7. The SMILES string of the molecule is COC(=O)N1c2ccccc2[C@H](OC)[C@@H](NS(=O)(=O)CC[Si](C)(C)C)[C@@H]1C#N. The van der Waals surface area contributed by atoms with Gasteiger partial charge in [-0.05, 0) is 12.1 Å². The fraction of sp³-hybridized carbons (Fsp3) is 0.556. The van der Waals surface area contributed by atoms with Crippen LogP contribution in [0.5, 0.6) is 0 Å². The Morgan fingerprint density at radius 2 is 1.93 bits per heavy atom. The third-order valence-electron chi connectivity index (χ3n) is 4.64. The summed E-state index contributed by atoms with van der Waals surface area (Å²) in [6, 6.07) is 7.48. The number of rotatable bonds is 6. The molecule has 1 amide bonds. The lowest BCUT2D eigenvalue weighted by molar-refractivity contribution is 0.0654. The van der Waals surface area contributed by atoms with Crippen LogP contribution in [0.25, 0.3) is 0 Å².